The smallest absolute Gasteiger partial charge is 0.0635 e. The predicted octanol–water partition coefficient (Wildman–Crippen LogP) is 2.34. The number of nitrogens with one attached hydrogen (secondary N) is 1. The second-order valence-corrected chi connectivity index (χ2v) is 5.00. The van der Waals surface area contributed by atoms with Crippen LogP contribution in [0.1, 0.15) is 19.4 Å². The summed E-state index contributed by atoms with van der Waals surface area (Å²) in [6.07, 6.45) is 0. The molecular weight excluding hydrogens is 268 g/mol. The number of aliphatic hydroxyl groups is 1. The summed E-state index contributed by atoms with van der Waals surface area (Å²) in [5.41, 5.74) is 7.75. The van der Waals surface area contributed by atoms with E-state index >= 15 is 0 Å². The van der Waals surface area contributed by atoms with E-state index in [-0.39, 0.29) is 12.6 Å². The third-order valence-electron chi connectivity index (χ3n) is 2.67. The number of hydrogen-bond acceptors (Lipinski definition) is 3. The molecule has 0 radical (unpaired) electrons. The highest BCUT2D eigenvalue weighted by molar-refractivity contribution is 9.10. The Balaban J connectivity index is 2.91. The predicted molar refractivity (Wildman–Crippen MR) is 71.4 cm³/mol. The van der Waals surface area contributed by atoms with E-state index in [0.717, 1.165) is 15.7 Å². The molecule has 90 valence electrons. The minimum Gasteiger partial charge on any atom is -0.394 e. The molecule has 4 N–H and O–H groups in total. The molecule has 0 fully saturated rings. The van der Waals surface area contributed by atoms with Crippen LogP contribution < -0.4 is 11.1 Å². The first-order valence-electron chi connectivity index (χ1n) is 5.45. The van der Waals surface area contributed by atoms with Gasteiger partial charge in [0.2, 0.25) is 0 Å². The van der Waals surface area contributed by atoms with Gasteiger partial charge in [-0.05, 0) is 18.1 Å². The molecule has 0 saturated heterocycles. The van der Waals surface area contributed by atoms with Crippen LogP contribution in [0, 0.1) is 5.92 Å². The number of benzene rings is 1. The number of halogens is 1. The highest BCUT2D eigenvalue weighted by atomic mass is 79.9. The summed E-state index contributed by atoms with van der Waals surface area (Å²) >= 11 is 3.47. The molecule has 0 aromatic heterocycles. The molecule has 0 aliphatic carbocycles. The summed E-state index contributed by atoms with van der Waals surface area (Å²) in [6, 6.07) is 5.97. The first-order chi connectivity index (χ1) is 7.60. The summed E-state index contributed by atoms with van der Waals surface area (Å²) in [5.74, 6) is 0.370. The molecule has 0 amide bonds. The summed E-state index contributed by atoms with van der Waals surface area (Å²) in [4.78, 5) is 0. The van der Waals surface area contributed by atoms with Gasteiger partial charge in [0.15, 0.2) is 0 Å². The van der Waals surface area contributed by atoms with Gasteiger partial charge in [0, 0.05) is 22.3 Å². The fraction of sp³-hybridized carbons (Fsp3) is 0.500. The minimum atomic E-state index is 0.0552. The molecule has 0 aliphatic rings. The Kier molecular flexibility index (Phi) is 5.25. The van der Waals surface area contributed by atoms with Gasteiger partial charge in [-0.25, -0.2) is 0 Å². The van der Waals surface area contributed by atoms with E-state index in [9.17, 15) is 5.11 Å². The average molecular weight is 287 g/mol. The van der Waals surface area contributed by atoms with Crippen LogP contribution in [0.2, 0.25) is 0 Å². The maximum Gasteiger partial charge on any atom is 0.0635 e. The van der Waals surface area contributed by atoms with Crippen molar-refractivity contribution in [3.63, 3.8) is 0 Å². The van der Waals surface area contributed by atoms with Gasteiger partial charge >= 0.3 is 0 Å². The summed E-state index contributed by atoms with van der Waals surface area (Å²) in [5, 5.41) is 12.6. The van der Waals surface area contributed by atoms with E-state index in [4.69, 9.17) is 5.73 Å². The summed E-state index contributed by atoms with van der Waals surface area (Å²) < 4.78 is 1.00. The van der Waals surface area contributed by atoms with Gasteiger partial charge in [-0.3, -0.25) is 0 Å². The average Bonchev–Trinajstić information content (AvgIpc) is 2.25. The lowest BCUT2D eigenvalue weighted by Crippen LogP contribution is -2.30. The van der Waals surface area contributed by atoms with Gasteiger partial charge in [-0.1, -0.05) is 35.8 Å². The lowest BCUT2D eigenvalue weighted by atomic mass is 10.0. The Morgan fingerprint density at radius 2 is 2.12 bits per heavy atom. The van der Waals surface area contributed by atoms with Crippen LogP contribution >= 0.6 is 15.9 Å². The van der Waals surface area contributed by atoms with Gasteiger partial charge in [-0.15, -0.1) is 0 Å². The van der Waals surface area contributed by atoms with Crippen molar-refractivity contribution in [1.29, 1.82) is 0 Å². The number of anilines is 1. The lowest BCUT2D eigenvalue weighted by Gasteiger charge is -2.23. The number of rotatable bonds is 5. The van der Waals surface area contributed by atoms with Crippen LogP contribution in [0.25, 0.3) is 0 Å². The maximum absolute atomic E-state index is 9.29. The summed E-state index contributed by atoms with van der Waals surface area (Å²) in [6.45, 7) is 4.75. The van der Waals surface area contributed by atoms with Crippen molar-refractivity contribution in [3.8, 4) is 0 Å². The Morgan fingerprint density at radius 3 is 2.62 bits per heavy atom. The second-order valence-electron chi connectivity index (χ2n) is 4.15. The zero-order chi connectivity index (χ0) is 12.1. The molecule has 3 nitrogen and oxygen atoms in total. The molecule has 1 atom stereocenters. The van der Waals surface area contributed by atoms with Crippen molar-refractivity contribution >= 4 is 21.6 Å². The zero-order valence-electron chi connectivity index (χ0n) is 9.70. The third-order valence-corrected chi connectivity index (χ3v) is 3.41. The Labute approximate surface area is 105 Å². The van der Waals surface area contributed by atoms with Crippen LogP contribution in [-0.4, -0.2) is 17.8 Å². The Hall–Kier alpha value is -0.580. The highest BCUT2D eigenvalue weighted by Gasteiger charge is 2.14. The zero-order valence-corrected chi connectivity index (χ0v) is 11.3. The Morgan fingerprint density at radius 1 is 1.44 bits per heavy atom. The van der Waals surface area contributed by atoms with E-state index in [1.807, 2.05) is 18.2 Å². The molecule has 1 unspecified atom stereocenters. The largest absolute Gasteiger partial charge is 0.394 e. The number of aliphatic hydroxyl groups excluding tert-OH is 1. The highest BCUT2D eigenvalue weighted by Crippen LogP contribution is 2.25. The fourth-order valence-electron chi connectivity index (χ4n) is 1.52. The molecule has 0 heterocycles. The van der Waals surface area contributed by atoms with E-state index in [0.29, 0.717) is 12.5 Å². The molecule has 16 heavy (non-hydrogen) atoms. The molecule has 0 saturated carbocycles. The molecule has 0 bridgehead atoms. The van der Waals surface area contributed by atoms with E-state index < -0.39 is 0 Å². The van der Waals surface area contributed by atoms with Gasteiger partial charge in [-0.2, -0.15) is 0 Å². The van der Waals surface area contributed by atoms with E-state index in [1.165, 1.54) is 0 Å². The van der Waals surface area contributed by atoms with Crippen molar-refractivity contribution in [2.75, 3.05) is 11.9 Å². The number of nitrogens with two attached hydrogens (primary N) is 1. The topological polar surface area (TPSA) is 58.3 Å². The van der Waals surface area contributed by atoms with Crippen molar-refractivity contribution in [2.24, 2.45) is 11.7 Å². The van der Waals surface area contributed by atoms with Crippen LogP contribution in [0.15, 0.2) is 22.7 Å². The van der Waals surface area contributed by atoms with Crippen molar-refractivity contribution in [2.45, 2.75) is 26.4 Å². The Bertz CT molecular complexity index is 342. The molecule has 4 heteroatoms. The number of hydrogen-bond donors (Lipinski definition) is 3. The molecule has 1 aromatic rings. The molecular formula is C12H19BrN2O. The molecule has 0 aliphatic heterocycles. The molecule has 0 spiro atoms. The standard InChI is InChI=1S/C12H19BrN2O/c1-8(2)12(7-16)15-11-5-3-4-10(13)9(11)6-14/h3-5,8,12,15-16H,6-7,14H2,1-2H3. The molecule has 1 aromatic carbocycles. The first-order valence-corrected chi connectivity index (χ1v) is 6.24. The maximum atomic E-state index is 9.29. The third kappa shape index (κ3) is 3.20. The SMILES string of the molecule is CC(C)C(CO)Nc1cccc(Br)c1CN. The quantitative estimate of drug-likeness (QED) is 0.779. The monoisotopic (exact) mass is 286 g/mol. The fourth-order valence-corrected chi connectivity index (χ4v) is 2.05. The van der Waals surface area contributed by atoms with Gasteiger partial charge in [0.25, 0.3) is 0 Å². The van der Waals surface area contributed by atoms with Crippen molar-refractivity contribution in [1.82, 2.24) is 0 Å². The second kappa shape index (κ2) is 6.23. The van der Waals surface area contributed by atoms with E-state index in [1.54, 1.807) is 0 Å². The first kappa shape index (κ1) is 13.5. The van der Waals surface area contributed by atoms with Crippen LogP contribution in [0.4, 0.5) is 5.69 Å². The minimum absolute atomic E-state index is 0.0552. The van der Waals surface area contributed by atoms with E-state index in [2.05, 4.69) is 35.1 Å². The summed E-state index contributed by atoms with van der Waals surface area (Å²) in [7, 11) is 0. The normalized spacial score (nSPS) is 12.9. The molecule has 1 rings (SSSR count). The van der Waals surface area contributed by atoms with Crippen LogP contribution in [0.3, 0.4) is 0 Å². The van der Waals surface area contributed by atoms with Crippen molar-refractivity contribution in [3.05, 3.63) is 28.2 Å². The lowest BCUT2D eigenvalue weighted by molar-refractivity contribution is 0.249. The van der Waals surface area contributed by atoms with Crippen LogP contribution in [-0.2, 0) is 6.54 Å². The van der Waals surface area contributed by atoms with Gasteiger partial charge in [0.1, 0.15) is 0 Å². The van der Waals surface area contributed by atoms with Gasteiger partial charge in [0.05, 0.1) is 12.6 Å². The van der Waals surface area contributed by atoms with Crippen molar-refractivity contribution < 1.29 is 5.11 Å². The van der Waals surface area contributed by atoms with Gasteiger partial charge < -0.3 is 16.2 Å². The van der Waals surface area contributed by atoms with Crippen LogP contribution in [0.5, 0.6) is 0 Å².